The van der Waals surface area contributed by atoms with E-state index in [1.165, 1.54) is 44.9 Å². The molecule has 0 aliphatic heterocycles. The molecule has 0 aromatic carbocycles. The molecule has 5 heteroatoms. The summed E-state index contributed by atoms with van der Waals surface area (Å²) in [6.07, 6.45) is 18.2. The van der Waals surface area contributed by atoms with Gasteiger partial charge in [-0.1, -0.05) is 83.3 Å². The van der Waals surface area contributed by atoms with Crippen molar-refractivity contribution in [3.63, 3.8) is 0 Å². The third kappa shape index (κ3) is 17.4. The van der Waals surface area contributed by atoms with Crippen LogP contribution in [-0.2, 0) is 13.6 Å². The first-order chi connectivity index (χ1) is 12.9. The average Bonchev–Trinajstić information content (AvgIpc) is 2.62. The topological polar surface area (TPSA) is 55.8 Å². The zero-order valence-corrected chi connectivity index (χ0v) is 18.6. The Labute approximate surface area is 168 Å². The molecule has 0 bridgehead atoms. The van der Waals surface area contributed by atoms with Gasteiger partial charge in [-0.05, 0) is 32.6 Å². The normalized spacial score (nSPS) is 15.8. The van der Waals surface area contributed by atoms with Gasteiger partial charge < -0.3 is 4.89 Å². The van der Waals surface area contributed by atoms with Gasteiger partial charge in [-0.25, -0.2) is 4.57 Å². The molecule has 1 N–H and O–H groups in total. The summed E-state index contributed by atoms with van der Waals surface area (Å²) in [5, 5.41) is 0. The van der Waals surface area contributed by atoms with Crippen LogP contribution in [0.1, 0.15) is 104 Å². The van der Waals surface area contributed by atoms with E-state index in [9.17, 15) is 9.46 Å². The Balaban J connectivity index is 3.93. The highest BCUT2D eigenvalue weighted by atomic mass is 31.2. The summed E-state index contributed by atoms with van der Waals surface area (Å²) in [5.74, 6) is 0. The predicted molar refractivity (Wildman–Crippen MR) is 116 cm³/mol. The first-order valence-corrected chi connectivity index (χ1v) is 12.4. The largest absolute Gasteiger partial charge is 0.473 e. The Bertz CT molecular complexity index is 411. The highest BCUT2D eigenvalue weighted by Crippen LogP contribution is 2.47. The molecule has 0 heterocycles. The molecule has 160 valence electrons. The Morgan fingerprint density at radius 1 is 0.889 bits per heavy atom. The third-order valence-corrected chi connectivity index (χ3v) is 5.87. The van der Waals surface area contributed by atoms with Gasteiger partial charge in [-0.3, -0.25) is 9.05 Å². The lowest BCUT2D eigenvalue weighted by atomic mass is 10.1. The van der Waals surface area contributed by atoms with Gasteiger partial charge in [-0.2, -0.15) is 0 Å². The number of rotatable bonds is 20. The third-order valence-electron chi connectivity index (χ3n) is 4.71. The summed E-state index contributed by atoms with van der Waals surface area (Å²) < 4.78 is 22.8. The van der Waals surface area contributed by atoms with E-state index in [-0.39, 0.29) is 6.10 Å². The van der Waals surface area contributed by atoms with Gasteiger partial charge in [0.25, 0.3) is 0 Å². The molecular weight excluding hydrogens is 359 g/mol. The van der Waals surface area contributed by atoms with Gasteiger partial charge in [-0.15, -0.1) is 13.2 Å². The van der Waals surface area contributed by atoms with E-state index < -0.39 is 13.9 Å². The molecule has 0 radical (unpaired) electrons. The second-order valence-electron chi connectivity index (χ2n) is 7.45. The van der Waals surface area contributed by atoms with E-state index in [2.05, 4.69) is 20.1 Å². The van der Waals surface area contributed by atoms with Crippen molar-refractivity contribution in [1.29, 1.82) is 0 Å². The molecule has 0 aromatic heterocycles. The second-order valence-corrected chi connectivity index (χ2v) is 8.81. The van der Waals surface area contributed by atoms with Crippen LogP contribution in [0.2, 0.25) is 0 Å². The van der Waals surface area contributed by atoms with Crippen LogP contribution in [0.3, 0.4) is 0 Å². The maximum atomic E-state index is 12.2. The van der Waals surface area contributed by atoms with E-state index >= 15 is 0 Å². The standard InChI is InChI=1S/C22H43O4P/c1-5-8-10-12-14-15-17-19-21(4)25-27(23,24)26-22(7-3)20-18-16-13-11-9-6-2/h5,7,21-22H,1,3,6,8-20H2,2,4H3,(H,23,24). The lowest BCUT2D eigenvalue weighted by Gasteiger charge is -2.21. The molecule has 0 aliphatic carbocycles. The minimum Gasteiger partial charge on any atom is -0.302 e. The molecular formula is C22H43O4P. The molecule has 0 rings (SSSR count). The number of hydrogen-bond donors (Lipinski definition) is 1. The maximum Gasteiger partial charge on any atom is 0.473 e. The van der Waals surface area contributed by atoms with Crippen LogP contribution in [-0.4, -0.2) is 17.1 Å². The summed E-state index contributed by atoms with van der Waals surface area (Å²) in [7, 11) is -4.04. The molecule has 3 atom stereocenters. The fraction of sp³-hybridized carbons (Fsp3) is 0.818. The van der Waals surface area contributed by atoms with Crippen molar-refractivity contribution < 1.29 is 18.5 Å². The van der Waals surface area contributed by atoms with Crippen molar-refractivity contribution in [2.24, 2.45) is 0 Å². The minimum absolute atomic E-state index is 0.284. The average molecular weight is 403 g/mol. The highest BCUT2D eigenvalue weighted by molar-refractivity contribution is 7.47. The molecule has 3 unspecified atom stereocenters. The van der Waals surface area contributed by atoms with Crippen LogP contribution in [0.15, 0.2) is 25.3 Å². The summed E-state index contributed by atoms with van der Waals surface area (Å²) in [4.78, 5) is 10.0. The molecule has 0 saturated carbocycles. The highest BCUT2D eigenvalue weighted by Gasteiger charge is 2.27. The molecule has 0 spiro atoms. The lowest BCUT2D eigenvalue weighted by molar-refractivity contribution is 0.0869. The van der Waals surface area contributed by atoms with Crippen molar-refractivity contribution in [3.05, 3.63) is 25.3 Å². The van der Waals surface area contributed by atoms with E-state index in [4.69, 9.17) is 9.05 Å². The number of allylic oxidation sites excluding steroid dienone is 1. The van der Waals surface area contributed by atoms with Gasteiger partial charge in [0.2, 0.25) is 0 Å². The fourth-order valence-corrected chi connectivity index (χ4v) is 4.21. The van der Waals surface area contributed by atoms with Gasteiger partial charge in [0, 0.05) is 0 Å². The monoisotopic (exact) mass is 402 g/mol. The van der Waals surface area contributed by atoms with E-state index in [1.54, 1.807) is 6.08 Å². The van der Waals surface area contributed by atoms with Gasteiger partial charge in [0.1, 0.15) is 0 Å². The summed E-state index contributed by atoms with van der Waals surface area (Å²) >= 11 is 0. The molecule has 0 amide bonds. The lowest BCUT2D eigenvalue weighted by Crippen LogP contribution is -2.13. The SMILES string of the molecule is C=CCCCCCCCC(C)OP(=O)(O)OC(C=C)CCCCCCCC. The molecule has 27 heavy (non-hydrogen) atoms. The molecule has 0 fully saturated rings. The Hall–Kier alpha value is -0.410. The molecule has 4 nitrogen and oxygen atoms in total. The number of phosphoric acid groups is 1. The van der Waals surface area contributed by atoms with Crippen molar-refractivity contribution in [2.45, 2.75) is 116 Å². The summed E-state index contributed by atoms with van der Waals surface area (Å²) in [6, 6.07) is 0. The van der Waals surface area contributed by atoms with Gasteiger partial charge in [0.15, 0.2) is 0 Å². The zero-order chi connectivity index (χ0) is 20.4. The quantitative estimate of drug-likeness (QED) is 0.129. The number of hydrogen-bond acceptors (Lipinski definition) is 3. The molecule has 0 saturated heterocycles. The van der Waals surface area contributed by atoms with E-state index in [0.29, 0.717) is 6.42 Å². The molecule has 0 aliphatic rings. The van der Waals surface area contributed by atoms with Crippen molar-refractivity contribution >= 4 is 7.82 Å². The fourth-order valence-electron chi connectivity index (χ4n) is 3.07. The van der Waals surface area contributed by atoms with Crippen molar-refractivity contribution in [1.82, 2.24) is 0 Å². The smallest absolute Gasteiger partial charge is 0.302 e. The van der Waals surface area contributed by atoms with Crippen LogP contribution < -0.4 is 0 Å². The Morgan fingerprint density at radius 2 is 1.44 bits per heavy atom. The molecule has 0 aromatic rings. The first kappa shape index (κ1) is 26.6. The van der Waals surface area contributed by atoms with Gasteiger partial charge in [0.05, 0.1) is 12.2 Å². The van der Waals surface area contributed by atoms with Gasteiger partial charge >= 0.3 is 7.82 Å². The van der Waals surface area contributed by atoms with Crippen LogP contribution in [0.25, 0.3) is 0 Å². The van der Waals surface area contributed by atoms with Crippen molar-refractivity contribution in [2.75, 3.05) is 0 Å². The second kappa shape index (κ2) is 17.7. The van der Waals surface area contributed by atoms with E-state index in [0.717, 1.165) is 38.5 Å². The van der Waals surface area contributed by atoms with E-state index in [1.807, 2.05) is 13.0 Å². The first-order valence-electron chi connectivity index (χ1n) is 10.9. The van der Waals surface area contributed by atoms with Crippen LogP contribution in [0.5, 0.6) is 0 Å². The Morgan fingerprint density at radius 3 is 2.04 bits per heavy atom. The predicted octanol–water partition coefficient (Wildman–Crippen LogP) is 7.73. The Kier molecular flexibility index (Phi) is 17.4. The summed E-state index contributed by atoms with van der Waals surface area (Å²) in [5.41, 5.74) is 0. The van der Waals surface area contributed by atoms with Crippen LogP contribution in [0.4, 0.5) is 0 Å². The zero-order valence-electron chi connectivity index (χ0n) is 17.7. The summed E-state index contributed by atoms with van der Waals surface area (Å²) in [6.45, 7) is 11.5. The number of unbranched alkanes of at least 4 members (excludes halogenated alkanes) is 10. The van der Waals surface area contributed by atoms with Crippen molar-refractivity contribution in [3.8, 4) is 0 Å². The maximum absolute atomic E-state index is 12.2. The van der Waals surface area contributed by atoms with Crippen LogP contribution in [0, 0.1) is 0 Å². The minimum atomic E-state index is -4.04. The number of phosphoric ester groups is 1. The van der Waals surface area contributed by atoms with Crippen LogP contribution >= 0.6 is 7.82 Å².